The van der Waals surface area contributed by atoms with Crippen LogP contribution in [0.4, 0.5) is 0 Å². The molecule has 3 atom stereocenters. The van der Waals surface area contributed by atoms with E-state index in [2.05, 4.69) is 26.1 Å². The lowest BCUT2D eigenvalue weighted by Gasteiger charge is -2.17. The molecule has 1 rings (SSSR count). The zero-order valence-corrected chi connectivity index (χ0v) is 10.3. The molecule has 3 unspecified atom stereocenters. The molecule has 2 nitrogen and oxygen atoms in total. The van der Waals surface area contributed by atoms with Gasteiger partial charge in [0, 0.05) is 23.6 Å². The molecule has 14 heavy (non-hydrogen) atoms. The zero-order valence-electron chi connectivity index (χ0n) is 9.49. The van der Waals surface area contributed by atoms with Crippen LogP contribution >= 0.6 is 11.8 Å². The lowest BCUT2D eigenvalue weighted by atomic mass is 10.1. The minimum atomic E-state index is -0.170. The van der Waals surface area contributed by atoms with Crippen LogP contribution in [-0.4, -0.2) is 34.8 Å². The second kappa shape index (κ2) is 5.99. The van der Waals surface area contributed by atoms with Crippen LogP contribution in [0.2, 0.25) is 0 Å². The van der Waals surface area contributed by atoms with Crippen molar-refractivity contribution >= 4 is 11.8 Å². The van der Waals surface area contributed by atoms with Crippen LogP contribution in [0, 0.1) is 5.92 Å². The molecule has 0 aromatic heterocycles. The third kappa shape index (κ3) is 4.67. The molecular formula is C11H23NOS. The van der Waals surface area contributed by atoms with Gasteiger partial charge in [0.2, 0.25) is 0 Å². The van der Waals surface area contributed by atoms with E-state index in [-0.39, 0.29) is 6.10 Å². The van der Waals surface area contributed by atoms with Gasteiger partial charge in [-0.1, -0.05) is 20.8 Å². The van der Waals surface area contributed by atoms with Crippen LogP contribution in [0.15, 0.2) is 0 Å². The maximum absolute atomic E-state index is 9.68. The van der Waals surface area contributed by atoms with E-state index in [4.69, 9.17) is 0 Å². The summed E-state index contributed by atoms with van der Waals surface area (Å²) in [7, 11) is 0. The van der Waals surface area contributed by atoms with Crippen molar-refractivity contribution in [1.82, 2.24) is 5.32 Å². The lowest BCUT2D eigenvalue weighted by molar-refractivity contribution is 0.143. The second-order valence-corrected chi connectivity index (χ2v) is 6.24. The summed E-state index contributed by atoms with van der Waals surface area (Å²) < 4.78 is 0. The first-order valence-electron chi connectivity index (χ1n) is 5.61. The van der Waals surface area contributed by atoms with Crippen molar-refractivity contribution in [3.8, 4) is 0 Å². The van der Waals surface area contributed by atoms with Gasteiger partial charge in [0.15, 0.2) is 0 Å². The van der Waals surface area contributed by atoms with Gasteiger partial charge in [-0.2, -0.15) is 11.8 Å². The van der Waals surface area contributed by atoms with E-state index in [1.165, 1.54) is 12.2 Å². The van der Waals surface area contributed by atoms with E-state index < -0.39 is 0 Å². The van der Waals surface area contributed by atoms with Crippen molar-refractivity contribution in [2.75, 3.05) is 12.3 Å². The van der Waals surface area contributed by atoms with E-state index in [1.807, 2.05) is 11.8 Å². The first-order valence-corrected chi connectivity index (χ1v) is 6.66. The first-order chi connectivity index (χ1) is 6.58. The minimum absolute atomic E-state index is 0.170. The minimum Gasteiger partial charge on any atom is -0.392 e. The molecule has 0 spiro atoms. The van der Waals surface area contributed by atoms with Gasteiger partial charge < -0.3 is 10.4 Å². The molecule has 0 bridgehead atoms. The monoisotopic (exact) mass is 217 g/mol. The van der Waals surface area contributed by atoms with E-state index >= 15 is 0 Å². The fraction of sp³-hybridized carbons (Fsp3) is 1.00. The first kappa shape index (κ1) is 12.3. The van der Waals surface area contributed by atoms with Gasteiger partial charge in [-0.3, -0.25) is 0 Å². The van der Waals surface area contributed by atoms with Crippen LogP contribution in [0.1, 0.15) is 33.6 Å². The fourth-order valence-corrected chi connectivity index (χ4v) is 3.07. The molecule has 0 amide bonds. The highest BCUT2D eigenvalue weighted by molar-refractivity contribution is 8.00. The maximum Gasteiger partial charge on any atom is 0.0667 e. The highest BCUT2D eigenvalue weighted by atomic mass is 32.2. The van der Waals surface area contributed by atoms with Gasteiger partial charge in [0.25, 0.3) is 0 Å². The number of thioether (sulfide) groups is 1. The van der Waals surface area contributed by atoms with Gasteiger partial charge in [0.05, 0.1) is 6.10 Å². The Kier molecular flexibility index (Phi) is 5.28. The molecule has 1 fully saturated rings. The van der Waals surface area contributed by atoms with Gasteiger partial charge in [-0.15, -0.1) is 0 Å². The van der Waals surface area contributed by atoms with E-state index in [0.29, 0.717) is 12.0 Å². The Labute approximate surface area is 91.9 Å². The van der Waals surface area contributed by atoms with Crippen LogP contribution in [-0.2, 0) is 0 Å². The smallest absolute Gasteiger partial charge is 0.0667 e. The van der Waals surface area contributed by atoms with Gasteiger partial charge >= 0.3 is 0 Å². The van der Waals surface area contributed by atoms with E-state index in [1.54, 1.807) is 0 Å². The topological polar surface area (TPSA) is 32.3 Å². The number of aliphatic hydroxyl groups excluding tert-OH is 1. The fourth-order valence-electron chi connectivity index (χ4n) is 1.89. The van der Waals surface area contributed by atoms with E-state index in [9.17, 15) is 5.11 Å². The summed E-state index contributed by atoms with van der Waals surface area (Å²) in [6, 6.07) is 0.622. The Hall–Kier alpha value is 0.270. The Morgan fingerprint density at radius 3 is 2.71 bits per heavy atom. The average molecular weight is 217 g/mol. The Balaban J connectivity index is 2.08. The lowest BCUT2D eigenvalue weighted by Crippen LogP contribution is -2.36. The number of hydrogen-bond donors (Lipinski definition) is 2. The van der Waals surface area contributed by atoms with Gasteiger partial charge in [0.1, 0.15) is 0 Å². The molecule has 0 aromatic rings. The predicted octanol–water partition coefficient (Wildman–Crippen LogP) is 1.88. The Morgan fingerprint density at radius 1 is 1.50 bits per heavy atom. The molecule has 2 N–H and O–H groups in total. The highest BCUT2D eigenvalue weighted by Gasteiger charge is 2.21. The van der Waals surface area contributed by atoms with Crippen LogP contribution in [0.5, 0.6) is 0 Å². The number of aliphatic hydroxyl groups is 1. The Morgan fingerprint density at radius 2 is 2.21 bits per heavy atom. The molecule has 0 saturated carbocycles. The van der Waals surface area contributed by atoms with Crippen molar-refractivity contribution < 1.29 is 5.11 Å². The molecule has 1 saturated heterocycles. The molecule has 1 aliphatic rings. The number of hydrogen-bond acceptors (Lipinski definition) is 3. The molecule has 0 aromatic carbocycles. The normalized spacial score (nSPS) is 29.8. The SMILES string of the molecule is CC(C)CC(O)CNC1CSC(C)C1. The van der Waals surface area contributed by atoms with Crippen molar-refractivity contribution in [2.24, 2.45) is 5.92 Å². The zero-order chi connectivity index (χ0) is 10.6. The molecule has 1 heterocycles. The third-order valence-corrected chi connectivity index (χ3v) is 3.94. The summed E-state index contributed by atoms with van der Waals surface area (Å²) in [5, 5.41) is 13.9. The van der Waals surface area contributed by atoms with Crippen LogP contribution in [0.25, 0.3) is 0 Å². The van der Waals surface area contributed by atoms with E-state index in [0.717, 1.165) is 18.2 Å². The molecule has 1 aliphatic heterocycles. The summed E-state index contributed by atoms with van der Waals surface area (Å²) >= 11 is 2.03. The van der Waals surface area contributed by atoms with Crippen molar-refractivity contribution in [1.29, 1.82) is 0 Å². The van der Waals surface area contributed by atoms with Gasteiger partial charge in [-0.05, 0) is 18.8 Å². The largest absolute Gasteiger partial charge is 0.392 e. The third-order valence-electron chi connectivity index (χ3n) is 2.58. The summed E-state index contributed by atoms with van der Waals surface area (Å²) in [5.74, 6) is 1.79. The quantitative estimate of drug-likeness (QED) is 0.737. The summed E-state index contributed by atoms with van der Waals surface area (Å²) in [6.07, 6.45) is 1.98. The summed E-state index contributed by atoms with van der Waals surface area (Å²) in [4.78, 5) is 0. The van der Waals surface area contributed by atoms with Crippen molar-refractivity contribution in [3.05, 3.63) is 0 Å². The van der Waals surface area contributed by atoms with Crippen LogP contribution in [0.3, 0.4) is 0 Å². The second-order valence-electron chi connectivity index (χ2n) is 4.77. The standard InChI is InChI=1S/C11H23NOS/c1-8(2)4-11(13)6-12-10-5-9(3)14-7-10/h8-13H,4-7H2,1-3H3. The summed E-state index contributed by atoms with van der Waals surface area (Å²) in [6.45, 7) is 7.33. The molecule has 3 heteroatoms. The molecular weight excluding hydrogens is 194 g/mol. The predicted molar refractivity (Wildman–Crippen MR) is 63.8 cm³/mol. The van der Waals surface area contributed by atoms with Crippen molar-refractivity contribution in [3.63, 3.8) is 0 Å². The Bertz CT molecular complexity index is 163. The summed E-state index contributed by atoms with van der Waals surface area (Å²) in [5.41, 5.74) is 0. The number of rotatable bonds is 5. The van der Waals surface area contributed by atoms with Crippen LogP contribution < -0.4 is 5.32 Å². The molecule has 84 valence electrons. The average Bonchev–Trinajstić information content (AvgIpc) is 2.47. The molecule has 0 aliphatic carbocycles. The maximum atomic E-state index is 9.68. The van der Waals surface area contributed by atoms with Crippen molar-refractivity contribution in [2.45, 2.75) is 51.0 Å². The number of nitrogens with one attached hydrogen (secondary N) is 1. The highest BCUT2D eigenvalue weighted by Crippen LogP contribution is 2.25. The van der Waals surface area contributed by atoms with Gasteiger partial charge in [-0.25, -0.2) is 0 Å². The molecule has 0 radical (unpaired) electrons.